The number of hydrogen-bond acceptors (Lipinski definition) is 3. The summed E-state index contributed by atoms with van der Waals surface area (Å²) in [5, 5.41) is 5.91. The van der Waals surface area contributed by atoms with Crippen molar-refractivity contribution in [3.05, 3.63) is 59.9 Å². The summed E-state index contributed by atoms with van der Waals surface area (Å²) in [5.74, 6) is 1.03. The van der Waals surface area contributed by atoms with Gasteiger partial charge in [-0.25, -0.2) is 4.79 Å². The SMILES string of the molecule is O=C(NCc1ccccn1)NC1CCSc2ccccc21. The second kappa shape index (κ2) is 6.63. The van der Waals surface area contributed by atoms with Gasteiger partial charge in [-0.15, -0.1) is 11.8 Å². The topological polar surface area (TPSA) is 54.0 Å². The van der Waals surface area contributed by atoms with Crippen LogP contribution in [0.5, 0.6) is 0 Å². The fourth-order valence-electron chi connectivity index (χ4n) is 2.37. The molecule has 2 heterocycles. The summed E-state index contributed by atoms with van der Waals surface area (Å²) in [5.41, 5.74) is 2.06. The van der Waals surface area contributed by atoms with Crippen LogP contribution < -0.4 is 10.6 Å². The van der Waals surface area contributed by atoms with Crippen LogP contribution in [0.1, 0.15) is 23.7 Å². The Hall–Kier alpha value is -2.01. The van der Waals surface area contributed by atoms with Gasteiger partial charge in [0.15, 0.2) is 0 Å². The fraction of sp³-hybridized carbons (Fsp3) is 0.250. The summed E-state index contributed by atoms with van der Waals surface area (Å²) in [6.45, 7) is 0.440. The molecule has 1 unspecified atom stereocenters. The molecule has 0 aliphatic carbocycles. The van der Waals surface area contributed by atoms with E-state index >= 15 is 0 Å². The second-order valence-corrected chi connectivity index (χ2v) is 6.01. The Labute approximate surface area is 128 Å². The number of carbonyl (C=O) groups excluding carboxylic acids is 1. The van der Waals surface area contributed by atoms with Gasteiger partial charge in [0.25, 0.3) is 0 Å². The van der Waals surface area contributed by atoms with Crippen molar-refractivity contribution in [2.24, 2.45) is 0 Å². The maximum absolute atomic E-state index is 12.0. The van der Waals surface area contributed by atoms with Crippen LogP contribution in [0.25, 0.3) is 0 Å². The van der Waals surface area contributed by atoms with Crippen LogP contribution in [0.3, 0.4) is 0 Å². The van der Waals surface area contributed by atoms with Gasteiger partial charge in [0, 0.05) is 16.8 Å². The average Bonchev–Trinajstić information content (AvgIpc) is 2.54. The molecule has 2 N–H and O–H groups in total. The molecule has 21 heavy (non-hydrogen) atoms. The van der Waals surface area contributed by atoms with Gasteiger partial charge in [-0.05, 0) is 30.2 Å². The first kappa shape index (κ1) is 13.9. The molecule has 0 saturated carbocycles. The number of carbonyl (C=O) groups is 1. The molecule has 1 atom stereocenters. The minimum absolute atomic E-state index is 0.0891. The summed E-state index contributed by atoms with van der Waals surface area (Å²) in [7, 11) is 0. The van der Waals surface area contributed by atoms with Crippen molar-refractivity contribution >= 4 is 17.8 Å². The third-order valence-electron chi connectivity index (χ3n) is 3.42. The van der Waals surface area contributed by atoms with Crippen LogP contribution in [0.15, 0.2) is 53.6 Å². The fourth-order valence-corrected chi connectivity index (χ4v) is 3.50. The lowest BCUT2D eigenvalue weighted by Gasteiger charge is -2.25. The van der Waals surface area contributed by atoms with Crippen molar-refractivity contribution in [1.82, 2.24) is 15.6 Å². The van der Waals surface area contributed by atoms with E-state index in [9.17, 15) is 4.79 Å². The lowest BCUT2D eigenvalue weighted by atomic mass is 10.0. The van der Waals surface area contributed by atoms with Crippen molar-refractivity contribution in [3.8, 4) is 0 Å². The number of thioether (sulfide) groups is 1. The van der Waals surface area contributed by atoms with E-state index in [2.05, 4.69) is 27.8 Å². The number of amides is 2. The summed E-state index contributed by atoms with van der Waals surface area (Å²) in [4.78, 5) is 17.5. The number of rotatable bonds is 3. The molecule has 3 rings (SSSR count). The van der Waals surface area contributed by atoms with Crippen molar-refractivity contribution < 1.29 is 4.79 Å². The van der Waals surface area contributed by atoms with Gasteiger partial charge in [-0.1, -0.05) is 24.3 Å². The van der Waals surface area contributed by atoms with Crippen molar-refractivity contribution in [2.75, 3.05) is 5.75 Å². The van der Waals surface area contributed by atoms with E-state index in [1.165, 1.54) is 10.5 Å². The number of urea groups is 1. The molecule has 1 aliphatic heterocycles. The highest BCUT2D eigenvalue weighted by Crippen LogP contribution is 2.35. The standard InChI is InChI=1S/C16H17N3OS/c20-16(18-11-12-5-3-4-9-17-12)19-14-8-10-21-15-7-2-1-6-13(14)15/h1-7,9,14H,8,10-11H2,(H2,18,19,20). The first-order chi connectivity index (χ1) is 10.3. The molecule has 0 fully saturated rings. The molecule has 0 spiro atoms. The minimum Gasteiger partial charge on any atom is -0.332 e. The highest BCUT2D eigenvalue weighted by molar-refractivity contribution is 7.99. The van der Waals surface area contributed by atoms with Gasteiger partial charge < -0.3 is 10.6 Å². The molecular formula is C16H17N3OS. The van der Waals surface area contributed by atoms with Gasteiger partial charge in [0.1, 0.15) is 0 Å². The smallest absolute Gasteiger partial charge is 0.315 e. The molecule has 108 valence electrons. The Morgan fingerprint density at radius 1 is 1.24 bits per heavy atom. The van der Waals surface area contributed by atoms with Gasteiger partial charge in [-0.3, -0.25) is 4.98 Å². The van der Waals surface area contributed by atoms with E-state index in [1.807, 2.05) is 42.1 Å². The van der Waals surface area contributed by atoms with Gasteiger partial charge in [0.2, 0.25) is 0 Å². The Kier molecular flexibility index (Phi) is 4.40. The first-order valence-electron chi connectivity index (χ1n) is 6.99. The molecule has 1 aliphatic rings. The number of benzene rings is 1. The second-order valence-electron chi connectivity index (χ2n) is 4.88. The zero-order chi connectivity index (χ0) is 14.5. The third-order valence-corrected chi connectivity index (χ3v) is 4.54. The van der Waals surface area contributed by atoms with Gasteiger partial charge in [-0.2, -0.15) is 0 Å². The zero-order valence-electron chi connectivity index (χ0n) is 11.6. The molecule has 0 radical (unpaired) electrons. The van der Waals surface area contributed by atoms with Gasteiger partial charge in [0.05, 0.1) is 18.3 Å². The number of nitrogens with one attached hydrogen (secondary N) is 2. The van der Waals surface area contributed by atoms with E-state index < -0.39 is 0 Å². The number of pyridine rings is 1. The molecule has 2 amide bonds. The maximum Gasteiger partial charge on any atom is 0.315 e. The average molecular weight is 299 g/mol. The molecule has 1 aromatic heterocycles. The van der Waals surface area contributed by atoms with Crippen LogP contribution in [0.2, 0.25) is 0 Å². The quantitative estimate of drug-likeness (QED) is 0.915. The van der Waals surface area contributed by atoms with Crippen LogP contribution in [-0.4, -0.2) is 16.8 Å². The Morgan fingerprint density at radius 3 is 2.95 bits per heavy atom. The third kappa shape index (κ3) is 3.55. The number of hydrogen-bond donors (Lipinski definition) is 2. The van der Waals surface area contributed by atoms with E-state index in [1.54, 1.807) is 6.20 Å². The molecule has 5 heteroatoms. The molecule has 4 nitrogen and oxygen atoms in total. The first-order valence-corrected chi connectivity index (χ1v) is 7.97. The Morgan fingerprint density at radius 2 is 2.10 bits per heavy atom. The molecular weight excluding hydrogens is 282 g/mol. The van der Waals surface area contributed by atoms with E-state index in [0.717, 1.165) is 17.9 Å². The van der Waals surface area contributed by atoms with Crippen LogP contribution >= 0.6 is 11.8 Å². The summed E-state index contributed by atoms with van der Waals surface area (Å²) < 4.78 is 0. The number of fused-ring (bicyclic) bond motifs is 1. The highest BCUT2D eigenvalue weighted by Gasteiger charge is 2.21. The highest BCUT2D eigenvalue weighted by atomic mass is 32.2. The monoisotopic (exact) mass is 299 g/mol. The molecule has 0 saturated heterocycles. The van der Waals surface area contributed by atoms with Crippen LogP contribution in [0.4, 0.5) is 4.79 Å². The minimum atomic E-state index is -0.146. The van der Waals surface area contributed by atoms with E-state index in [-0.39, 0.29) is 12.1 Å². The summed E-state index contributed by atoms with van der Waals surface area (Å²) in [6.07, 6.45) is 2.68. The summed E-state index contributed by atoms with van der Waals surface area (Å²) in [6, 6.07) is 13.9. The van der Waals surface area contributed by atoms with Crippen molar-refractivity contribution in [3.63, 3.8) is 0 Å². The predicted molar refractivity (Wildman–Crippen MR) is 84.1 cm³/mol. The zero-order valence-corrected chi connectivity index (χ0v) is 12.4. The van der Waals surface area contributed by atoms with Crippen molar-refractivity contribution in [1.29, 1.82) is 0 Å². The largest absolute Gasteiger partial charge is 0.332 e. The van der Waals surface area contributed by atoms with Crippen molar-refractivity contribution in [2.45, 2.75) is 23.9 Å². The molecule has 0 bridgehead atoms. The number of nitrogens with zero attached hydrogens (tertiary/aromatic N) is 1. The van der Waals surface area contributed by atoms with Gasteiger partial charge >= 0.3 is 6.03 Å². The summed E-state index contributed by atoms with van der Waals surface area (Å²) >= 11 is 1.85. The number of aromatic nitrogens is 1. The maximum atomic E-state index is 12.0. The van der Waals surface area contributed by atoms with E-state index in [0.29, 0.717) is 6.54 Å². The lowest BCUT2D eigenvalue weighted by Crippen LogP contribution is -2.38. The Balaban J connectivity index is 1.58. The molecule has 2 aromatic rings. The molecule has 1 aromatic carbocycles. The van der Waals surface area contributed by atoms with Crippen LogP contribution in [0, 0.1) is 0 Å². The Bertz CT molecular complexity index is 618. The normalized spacial score (nSPS) is 16.9. The van der Waals surface area contributed by atoms with E-state index in [4.69, 9.17) is 0 Å². The van der Waals surface area contributed by atoms with Crippen LogP contribution in [-0.2, 0) is 6.54 Å². The lowest BCUT2D eigenvalue weighted by molar-refractivity contribution is 0.236. The predicted octanol–water partition coefficient (Wildman–Crippen LogP) is 3.12.